The molecule has 0 aliphatic heterocycles. The predicted octanol–water partition coefficient (Wildman–Crippen LogP) is 1.79. The lowest BCUT2D eigenvalue weighted by atomic mass is 9.97. The molecule has 86 valence electrons. The van der Waals surface area contributed by atoms with E-state index in [-0.39, 0.29) is 12.0 Å². The number of carboxylic acids is 2. The van der Waals surface area contributed by atoms with Gasteiger partial charge < -0.3 is 10.2 Å². The number of hydrogen-bond donors (Lipinski definition) is 2. The molecule has 5 heteroatoms. The fraction of sp³-hybridized carbons (Fsp3) is 0.273. The average molecular weight is 226 g/mol. The van der Waals surface area contributed by atoms with Gasteiger partial charge in [-0.1, -0.05) is 13.0 Å². The van der Waals surface area contributed by atoms with Crippen LogP contribution in [0.3, 0.4) is 0 Å². The normalized spacial score (nSPS) is 12.1. The van der Waals surface area contributed by atoms with Crippen molar-refractivity contribution in [1.29, 1.82) is 0 Å². The molecule has 0 fully saturated rings. The Morgan fingerprint density at radius 3 is 2.50 bits per heavy atom. The van der Waals surface area contributed by atoms with Crippen LogP contribution in [-0.4, -0.2) is 22.2 Å². The summed E-state index contributed by atoms with van der Waals surface area (Å²) in [6, 6.07) is 3.32. The number of carbonyl (C=O) groups is 2. The Bertz CT molecular complexity index is 428. The highest BCUT2D eigenvalue weighted by molar-refractivity contribution is 5.89. The third-order valence-corrected chi connectivity index (χ3v) is 2.25. The van der Waals surface area contributed by atoms with Crippen LogP contribution in [0.15, 0.2) is 18.2 Å². The van der Waals surface area contributed by atoms with E-state index in [2.05, 4.69) is 0 Å². The molecule has 0 saturated heterocycles. The first-order valence-electron chi connectivity index (χ1n) is 4.66. The van der Waals surface area contributed by atoms with E-state index >= 15 is 0 Å². The van der Waals surface area contributed by atoms with Gasteiger partial charge in [0.15, 0.2) is 0 Å². The number of aromatic carboxylic acids is 1. The van der Waals surface area contributed by atoms with Crippen LogP contribution in [0.1, 0.15) is 22.8 Å². The molecule has 0 amide bonds. The summed E-state index contributed by atoms with van der Waals surface area (Å²) in [5, 5.41) is 17.5. The molecule has 0 radical (unpaired) electrons. The largest absolute Gasteiger partial charge is 0.481 e. The molecule has 0 aromatic heterocycles. The molecule has 1 aromatic rings. The molecular weight excluding hydrogens is 215 g/mol. The molecule has 1 rings (SSSR count). The lowest BCUT2D eigenvalue weighted by Crippen LogP contribution is -2.14. The SMILES string of the molecule is CC(Cc1ccc(F)cc1C(=O)O)C(=O)O. The van der Waals surface area contributed by atoms with Crippen molar-refractivity contribution in [1.82, 2.24) is 0 Å². The summed E-state index contributed by atoms with van der Waals surface area (Å²) in [4.78, 5) is 21.4. The van der Waals surface area contributed by atoms with Gasteiger partial charge in [0, 0.05) is 0 Å². The van der Waals surface area contributed by atoms with Gasteiger partial charge in [0.25, 0.3) is 0 Å². The van der Waals surface area contributed by atoms with Gasteiger partial charge in [-0.3, -0.25) is 4.79 Å². The second-order valence-corrected chi connectivity index (χ2v) is 3.55. The Balaban J connectivity index is 3.04. The van der Waals surface area contributed by atoms with Gasteiger partial charge in [-0.2, -0.15) is 0 Å². The maximum absolute atomic E-state index is 12.8. The molecular formula is C11H11FO4. The van der Waals surface area contributed by atoms with E-state index in [0.717, 1.165) is 12.1 Å². The van der Waals surface area contributed by atoms with E-state index in [1.807, 2.05) is 0 Å². The minimum absolute atomic E-state index is 0.0667. The molecule has 2 N–H and O–H groups in total. The second-order valence-electron chi connectivity index (χ2n) is 3.55. The van der Waals surface area contributed by atoms with Crippen LogP contribution in [0.4, 0.5) is 4.39 Å². The van der Waals surface area contributed by atoms with Crippen LogP contribution in [0.25, 0.3) is 0 Å². The Morgan fingerprint density at radius 2 is 2.00 bits per heavy atom. The molecule has 0 bridgehead atoms. The maximum atomic E-state index is 12.8. The molecule has 0 heterocycles. The van der Waals surface area contributed by atoms with Crippen LogP contribution < -0.4 is 0 Å². The first kappa shape index (κ1) is 12.2. The highest BCUT2D eigenvalue weighted by atomic mass is 19.1. The quantitative estimate of drug-likeness (QED) is 0.820. The summed E-state index contributed by atoms with van der Waals surface area (Å²) in [5.41, 5.74) is 0.136. The van der Waals surface area contributed by atoms with Crippen LogP contribution in [0, 0.1) is 11.7 Å². The van der Waals surface area contributed by atoms with Gasteiger partial charge in [0.05, 0.1) is 11.5 Å². The van der Waals surface area contributed by atoms with E-state index in [0.29, 0.717) is 5.56 Å². The van der Waals surface area contributed by atoms with Crippen LogP contribution in [0.2, 0.25) is 0 Å². The first-order valence-corrected chi connectivity index (χ1v) is 4.66. The Hall–Kier alpha value is -1.91. The summed E-state index contributed by atoms with van der Waals surface area (Å²) in [5.74, 6) is -3.62. The number of rotatable bonds is 4. The van der Waals surface area contributed by atoms with Crippen molar-refractivity contribution in [2.45, 2.75) is 13.3 Å². The summed E-state index contributed by atoms with van der Waals surface area (Å²) in [7, 11) is 0. The summed E-state index contributed by atoms with van der Waals surface area (Å²) in [6.07, 6.45) is 0.0667. The van der Waals surface area contributed by atoms with Crippen molar-refractivity contribution in [3.8, 4) is 0 Å². The van der Waals surface area contributed by atoms with Crippen LogP contribution in [0.5, 0.6) is 0 Å². The number of hydrogen-bond acceptors (Lipinski definition) is 2. The fourth-order valence-corrected chi connectivity index (χ4v) is 1.34. The third kappa shape index (κ3) is 2.79. The van der Waals surface area contributed by atoms with Gasteiger partial charge in [0.2, 0.25) is 0 Å². The fourth-order valence-electron chi connectivity index (χ4n) is 1.34. The highest BCUT2D eigenvalue weighted by Crippen LogP contribution is 2.16. The Morgan fingerprint density at radius 1 is 1.38 bits per heavy atom. The Labute approximate surface area is 91.3 Å². The molecule has 0 saturated carbocycles. The van der Waals surface area contributed by atoms with Crippen molar-refractivity contribution in [3.63, 3.8) is 0 Å². The molecule has 16 heavy (non-hydrogen) atoms. The molecule has 0 spiro atoms. The zero-order chi connectivity index (χ0) is 12.3. The van der Waals surface area contributed by atoms with Crippen molar-refractivity contribution < 1.29 is 24.2 Å². The standard InChI is InChI=1S/C11H11FO4/c1-6(10(13)14)4-7-2-3-8(12)5-9(7)11(15)16/h2-3,5-6H,4H2,1H3,(H,13,14)(H,15,16). The van der Waals surface area contributed by atoms with Gasteiger partial charge in [0.1, 0.15) is 5.82 Å². The second kappa shape index (κ2) is 4.74. The third-order valence-electron chi connectivity index (χ3n) is 2.25. The highest BCUT2D eigenvalue weighted by Gasteiger charge is 2.17. The topological polar surface area (TPSA) is 74.6 Å². The lowest BCUT2D eigenvalue weighted by Gasteiger charge is -2.09. The number of aliphatic carboxylic acids is 1. The summed E-state index contributed by atoms with van der Waals surface area (Å²) in [6.45, 7) is 1.47. The minimum Gasteiger partial charge on any atom is -0.481 e. The molecule has 0 aliphatic rings. The number of benzene rings is 1. The predicted molar refractivity (Wildman–Crippen MR) is 53.9 cm³/mol. The van der Waals surface area contributed by atoms with Gasteiger partial charge >= 0.3 is 11.9 Å². The molecule has 1 aromatic carbocycles. The van der Waals surface area contributed by atoms with E-state index in [1.54, 1.807) is 0 Å². The summed E-state index contributed by atoms with van der Waals surface area (Å²) < 4.78 is 12.8. The first-order chi connectivity index (χ1) is 7.41. The van der Waals surface area contributed by atoms with Crippen molar-refractivity contribution >= 4 is 11.9 Å². The van der Waals surface area contributed by atoms with Gasteiger partial charge in [-0.15, -0.1) is 0 Å². The van der Waals surface area contributed by atoms with Crippen LogP contribution >= 0.6 is 0 Å². The lowest BCUT2D eigenvalue weighted by molar-refractivity contribution is -0.141. The van der Waals surface area contributed by atoms with Crippen molar-refractivity contribution in [2.24, 2.45) is 5.92 Å². The van der Waals surface area contributed by atoms with Crippen LogP contribution in [-0.2, 0) is 11.2 Å². The minimum atomic E-state index is -1.26. The van der Waals surface area contributed by atoms with E-state index < -0.39 is 23.7 Å². The molecule has 0 aliphatic carbocycles. The van der Waals surface area contributed by atoms with Gasteiger partial charge in [-0.25, -0.2) is 9.18 Å². The number of carboxylic acid groups (broad SMARTS) is 2. The van der Waals surface area contributed by atoms with E-state index in [1.165, 1.54) is 13.0 Å². The molecule has 1 atom stereocenters. The van der Waals surface area contributed by atoms with Crippen molar-refractivity contribution in [2.75, 3.05) is 0 Å². The molecule has 4 nitrogen and oxygen atoms in total. The smallest absolute Gasteiger partial charge is 0.336 e. The Kier molecular flexibility index (Phi) is 3.60. The van der Waals surface area contributed by atoms with Crippen molar-refractivity contribution in [3.05, 3.63) is 35.1 Å². The monoisotopic (exact) mass is 226 g/mol. The maximum Gasteiger partial charge on any atom is 0.336 e. The van der Waals surface area contributed by atoms with Gasteiger partial charge in [-0.05, 0) is 24.1 Å². The zero-order valence-corrected chi connectivity index (χ0v) is 8.61. The number of halogens is 1. The van der Waals surface area contributed by atoms with E-state index in [9.17, 15) is 14.0 Å². The molecule has 1 unspecified atom stereocenters. The zero-order valence-electron chi connectivity index (χ0n) is 8.61. The summed E-state index contributed by atoms with van der Waals surface area (Å²) >= 11 is 0. The average Bonchev–Trinajstić information content (AvgIpc) is 2.20. The van der Waals surface area contributed by atoms with E-state index in [4.69, 9.17) is 10.2 Å².